The van der Waals surface area contributed by atoms with E-state index in [1.807, 2.05) is 0 Å². The number of nitrogens with one attached hydrogen (secondary N) is 1. The SMILES string of the molecule is Cc1cccc(CCNc2nccnc2Cl)c1. The van der Waals surface area contributed by atoms with Crippen LogP contribution in [0.25, 0.3) is 0 Å². The molecule has 0 saturated carbocycles. The van der Waals surface area contributed by atoms with E-state index in [1.54, 1.807) is 12.4 Å². The normalized spacial score (nSPS) is 10.2. The second kappa shape index (κ2) is 5.64. The van der Waals surface area contributed by atoms with Crippen molar-refractivity contribution in [3.8, 4) is 0 Å². The number of anilines is 1. The molecule has 0 radical (unpaired) electrons. The number of aryl methyl sites for hydroxylation is 1. The lowest BCUT2D eigenvalue weighted by atomic mass is 10.1. The molecule has 0 atom stereocenters. The van der Waals surface area contributed by atoms with Crippen LogP contribution in [0.4, 0.5) is 5.82 Å². The molecule has 3 nitrogen and oxygen atoms in total. The largest absolute Gasteiger partial charge is 0.367 e. The Hall–Kier alpha value is -1.61. The van der Waals surface area contributed by atoms with Gasteiger partial charge in [0.1, 0.15) is 0 Å². The van der Waals surface area contributed by atoms with E-state index >= 15 is 0 Å². The number of nitrogens with zero attached hydrogens (tertiary/aromatic N) is 2. The molecule has 0 saturated heterocycles. The van der Waals surface area contributed by atoms with Crippen molar-refractivity contribution in [1.29, 1.82) is 0 Å². The first kappa shape index (κ1) is 11.9. The van der Waals surface area contributed by atoms with Crippen molar-refractivity contribution >= 4 is 17.4 Å². The van der Waals surface area contributed by atoms with E-state index in [0.29, 0.717) is 11.0 Å². The highest BCUT2D eigenvalue weighted by Gasteiger charge is 2.00. The average molecular weight is 248 g/mol. The summed E-state index contributed by atoms with van der Waals surface area (Å²) in [5.41, 5.74) is 2.58. The molecule has 0 unspecified atom stereocenters. The molecule has 2 rings (SSSR count). The van der Waals surface area contributed by atoms with E-state index in [9.17, 15) is 0 Å². The maximum atomic E-state index is 5.90. The van der Waals surface area contributed by atoms with Crippen molar-refractivity contribution in [2.45, 2.75) is 13.3 Å². The van der Waals surface area contributed by atoms with Gasteiger partial charge in [0.15, 0.2) is 11.0 Å². The second-order valence-electron chi connectivity index (χ2n) is 3.86. The van der Waals surface area contributed by atoms with E-state index in [0.717, 1.165) is 13.0 Å². The molecule has 1 aromatic carbocycles. The van der Waals surface area contributed by atoms with Crippen LogP contribution in [-0.4, -0.2) is 16.5 Å². The van der Waals surface area contributed by atoms with Crippen molar-refractivity contribution in [1.82, 2.24) is 9.97 Å². The van der Waals surface area contributed by atoms with Gasteiger partial charge in [-0.05, 0) is 18.9 Å². The Morgan fingerprint density at radius 3 is 2.82 bits per heavy atom. The van der Waals surface area contributed by atoms with Crippen LogP contribution in [0.3, 0.4) is 0 Å². The Morgan fingerprint density at radius 2 is 2.06 bits per heavy atom. The van der Waals surface area contributed by atoms with Gasteiger partial charge in [0.2, 0.25) is 0 Å². The molecule has 0 amide bonds. The maximum Gasteiger partial charge on any atom is 0.171 e. The molecular weight excluding hydrogens is 234 g/mol. The summed E-state index contributed by atoms with van der Waals surface area (Å²) in [5.74, 6) is 0.641. The van der Waals surface area contributed by atoms with Crippen molar-refractivity contribution in [2.24, 2.45) is 0 Å². The van der Waals surface area contributed by atoms with Gasteiger partial charge in [-0.2, -0.15) is 0 Å². The van der Waals surface area contributed by atoms with Gasteiger partial charge in [-0.25, -0.2) is 9.97 Å². The quantitative estimate of drug-likeness (QED) is 0.902. The molecule has 4 heteroatoms. The highest BCUT2D eigenvalue weighted by atomic mass is 35.5. The lowest BCUT2D eigenvalue weighted by Gasteiger charge is -2.06. The third-order valence-corrected chi connectivity index (χ3v) is 2.72. The number of hydrogen-bond donors (Lipinski definition) is 1. The van der Waals surface area contributed by atoms with E-state index in [4.69, 9.17) is 11.6 Å². The van der Waals surface area contributed by atoms with Gasteiger partial charge in [-0.1, -0.05) is 41.4 Å². The van der Waals surface area contributed by atoms with Crippen LogP contribution in [-0.2, 0) is 6.42 Å². The fourth-order valence-corrected chi connectivity index (χ4v) is 1.80. The van der Waals surface area contributed by atoms with Gasteiger partial charge in [0, 0.05) is 18.9 Å². The Balaban J connectivity index is 1.90. The average Bonchev–Trinajstić information content (AvgIpc) is 2.32. The van der Waals surface area contributed by atoms with Crippen LogP contribution >= 0.6 is 11.6 Å². The van der Waals surface area contributed by atoms with Gasteiger partial charge in [0.25, 0.3) is 0 Å². The minimum Gasteiger partial charge on any atom is -0.367 e. The fourth-order valence-electron chi connectivity index (χ4n) is 1.63. The topological polar surface area (TPSA) is 37.8 Å². The molecule has 88 valence electrons. The first-order valence-corrected chi connectivity index (χ1v) is 5.89. The predicted octanol–water partition coefficient (Wildman–Crippen LogP) is 3.09. The number of aromatic nitrogens is 2. The van der Waals surface area contributed by atoms with Crippen molar-refractivity contribution < 1.29 is 0 Å². The van der Waals surface area contributed by atoms with Crippen LogP contribution in [0.2, 0.25) is 5.15 Å². The first-order chi connectivity index (χ1) is 8.25. The van der Waals surface area contributed by atoms with E-state index in [1.165, 1.54) is 11.1 Å². The van der Waals surface area contributed by atoms with Gasteiger partial charge < -0.3 is 5.32 Å². The zero-order chi connectivity index (χ0) is 12.1. The number of halogens is 1. The van der Waals surface area contributed by atoms with Gasteiger partial charge in [0.05, 0.1) is 0 Å². The molecule has 0 aliphatic carbocycles. The molecule has 17 heavy (non-hydrogen) atoms. The van der Waals surface area contributed by atoms with Crippen LogP contribution in [0.1, 0.15) is 11.1 Å². The van der Waals surface area contributed by atoms with Crippen molar-refractivity contribution in [2.75, 3.05) is 11.9 Å². The molecule has 0 bridgehead atoms. The molecule has 0 spiro atoms. The minimum absolute atomic E-state index is 0.414. The molecule has 1 heterocycles. The molecule has 0 aliphatic heterocycles. The molecule has 1 aromatic heterocycles. The van der Waals surface area contributed by atoms with Crippen LogP contribution in [0.15, 0.2) is 36.7 Å². The van der Waals surface area contributed by atoms with Crippen molar-refractivity contribution in [3.63, 3.8) is 0 Å². The second-order valence-corrected chi connectivity index (χ2v) is 4.22. The Morgan fingerprint density at radius 1 is 1.24 bits per heavy atom. The number of rotatable bonds is 4. The number of hydrogen-bond acceptors (Lipinski definition) is 3. The predicted molar refractivity (Wildman–Crippen MR) is 70.4 cm³/mol. The van der Waals surface area contributed by atoms with E-state index < -0.39 is 0 Å². The standard InChI is InChI=1S/C13H14ClN3/c1-10-3-2-4-11(9-10)5-6-16-13-12(14)15-7-8-17-13/h2-4,7-9H,5-6H2,1H3,(H,16,17). The molecule has 1 N–H and O–H groups in total. The molecular formula is C13H14ClN3. The monoisotopic (exact) mass is 247 g/mol. The van der Waals surface area contributed by atoms with Crippen LogP contribution in [0.5, 0.6) is 0 Å². The third kappa shape index (κ3) is 3.43. The molecule has 0 aliphatic rings. The minimum atomic E-state index is 0.414. The third-order valence-electron chi connectivity index (χ3n) is 2.44. The Kier molecular flexibility index (Phi) is 3.94. The van der Waals surface area contributed by atoms with E-state index in [-0.39, 0.29) is 0 Å². The highest BCUT2D eigenvalue weighted by Crippen LogP contribution is 2.14. The molecule has 2 aromatic rings. The summed E-state index contributed by atoms with van der Waals surface area (Å²) in [6.45, 7) is 2.89. The molecule has 0 fully saturated rings. The van der Waals surface area contributed by atoms with Crippen LogP contribution in [0, 0.1) is 6.92 Å². The fraction of sp³-hybridized carbons (Fsp3) is 0.231. The summed E-state index contributed by atoms with van der Waals surface area (Å²) in [4.78, 5) is 8.08. The summed E-state index contributed by atoms with van der Waals surface area (Å²) < 4.78 is 0. The summed E-state index contributed by atoms with van der Waals surface area (Å²) >= 11 is 5.90. The van der Waals surface area contributed by atoms with Crippen LogP contribution < -0.4 is 5.32 Å². The zero-order valence-corrected chi connectivity index (χ0v) is 10.4. The van der Waals surface area contributed by atoms with Gasteiger partial charge in [-0.15, -0.1) is 0 Å². The summed E-state index contributed by atoms with van der Waals surface area (Å²) in [5, 5.41) is 3.59. The maximum absolute atomic E-state index is 5.90. The van der Waals surface area contributed by atoms with Crippen molar-refractivity contribution in [3.05, 3.63) is 52.9 Å². The van der Waals surface area contributed by atoms with Gasteiger partial charge >= 0.3 is 0 Å². The number of benzene rings is 1. The highest BCUT2D eigenvalue weighted by molar-refractivity contribution is 6.31. The Labute approximate surface area is 106 Å². The lowest BCUT2D eigenvalue weighted by molar-refractivity contribution is 0.997. The zero-order valence-electron chi connectivity index (χ0n) is 9.65. The summed E-state index contributed by atoms with van der Waals surface area (Å²) in [6, 6.07) is 8.46. The lowest BCUT2D eigenvalue weighted by Crippen LogP contribution is -2.07. The Bertz CT molecular complexity index is 500. The van der Waals surface area contributed by atoms with Gasteiger partial charge in [-0.3, -0.25) is 0 Å². The first-order valence-electron chi connectivity index (χ1n) is 5.51. The van der Waals surface area contributed by atoms with E-state index in [2.05, 4.69) is 46.5 Å². The smallest absolute Gasteiger partial charge is 0.171 e. The summed E-state index contributed by atoms with van der Waals surface area (Å²) in [6.07, 6.45) is 4.14. The summed E-state index contributed by atoms with van der Waals surface area (Å²) in [7, 11) is 0.